The molecule has 9 aromatic carbocycles. The Morgan fingerprint density at radius 1 is 0.314 bits per heavy atom. The number of ether oxygens (including phenoxy) is 1. The first kappa shape index (κ1) is 29.1. The summed E-state index contributed by atoms with van der Waals surface area (Å²) in [6, 6.07) is 69.0. The smallest absolute Gasteiger partial charge is 0.137 e. The number of benzene rings is 9. The maximum atomic E-state index is 6.82. The van der Waals surface area contributed by atoms with Crippen LogP contribution in [0, 0.1) is 0 Å². The fourth-order valence-corrected chi connectivity index (χ4v) is 7.67. The van der Waals surface area contributed by atoms with E-state index in [2.05, 4.69) is 204 Å². The molecule has 0 radical (unpaired) electrons. The molecule has 9 aromatic rings. The van der Waals surface area contributed by atoms with Crippen molar-refractivity contribution in [3.63, 3.8) is 0 Å². The van der Waals surface area contributed by atoms with E-state index in [1.807, 2.05) is 0 Å². The average Bonchev–Trinajstić information content (AvgIpc) is 3.20. The van der Waals surface area contributed by atoms with Gasteiger partial charge in [0.1, 0.15) is 11.5 Å². The highest BCUT2D eigenvalue weighted by Gasteiger charge is 2.25. The van der Waals surface area contributed by atoms with E-state index in [1.54, 1.807) is 0 Å². The molecule has 0 atom stereocenters. The first-order valence-corrected chi connectivity index (χ1v) is 17.4. The normalized spacial score (nSPS) is 11.7. The zero-order valence-electron chi connectivity index (χ0n) is 27.8. The van der Waals surface area contributed by atoms with Crippen molar-refractivity contribution in [2.45, 2.75) is 0 Å². The Morgan fingerprint density at radius 2 is 0.863 bits per heavy atom. The molecule has 0 amide bonds. The predicted octanol–water partition coefficient (Wildman–Crippen LogP) is 13.9. The molecule has 51 heavy (non-hydrogen) atoms. The number of rotatable bonds is 6. The lowest BCUT2D eigenvalue weighted by molar-refractivity contribution is 0.487. The van der Waals surface area contributed by atoms with Crippen molar-refractivity contribution in [1.82, 2.24) is 0 Å². The van der Waals surface area contributed by atoms with Gasteiger partial charge in [-0.3, -0.25) is 0 Å². The van der Waals surface area contributed by atoms with E-state index < -0.39 is 0 Å². The molecule has 0 aliphatic carbocycles. The van der Waals surface area contributed by atoms with Gasteiger partial charge in [-0.05, 0) is 99.9 Å². The molecule has 0 saturated carbocycles. The molecular weight excluding hydrogens is 621 g/mol. The van der Waals surface area contributed by atoms with Crippen LogP contribution in [0.15, 0.2) is 194 Å². The minimum Gasteiger partial charge on any atom is -0.456 e. The van der Waals surface area contributed by atoms with Crippen molar-refractivity contribution in [1.29, 1.82) is 0 Å². The molecule has 0 bridgehead atoms. The van der Waals surface area contributed by atoms with Gasteiger partial charge < -0.3 is 14.5 Å². The molecule has 1 aliphatic heterocycles. The van der Waals surface area contributed by atoms with Gasteiger partial charge in [-0.1, -0.05) is 115 Å². The summed E-state index contributed by atoms with van der Waals surface area (Å²) in [7, 11) is 0. The van der Waals surface area contributed by atoms with Crippen LogP contribution < -0.4 is 14.5 Å². The molecule has 0 unspecified atom stereocenters. The second-order valence-electron chi connectivity index (χ2n) is 13.0. The number of nitrogens with zero attached hydrogens (tertiary/aromatic N) is 2. The monoisotopic (exact) mass is 652 g/mol. The third-order valence-corrected chi connectivity index (χ3v) is 9.99. The van der Waals surface area contributed by atoms with E-state index in [1.165, 1.54) is 27.1 Å². The van der Waals surface area contributed by atoms with E-state index in [9.17, 15) is 0 Å². The largest absolute Gasteiger partial charge is 0.456 e. The molecule has 1 heterocycles. The summed E-state index contributed by atoms with van der Waals surface area (Å²) in [6.45, 7) is 0. The van der Waals surface area contributed by atoms with Crippen molar-refractivity contribution < 1.29 is 4.74 Å². The topological polar surface area (TPSA) is 15.7 Å². The zero-order chi connectivity index (χ0) is 33.7. The minimum atomic E-state index is 0.846. The summed E-state index contributed by atoms with van der Waals surface area (Å²) >= 11 is 0. The maximum Gasteiger partial charge on any atom is 0.137 e. The van der Waals surface area contributed by atoms with Crippen LogP contribution in [0.2, 0.25) is 0 Å². The quantitative estimate of drug-likeness (QED) is 0.166. The Balaban J connectivity index is 1.13. The van der Waals surface area contributed by atoms with Gasteiger partial charge in [0, 0.05) is 50.8 Å². The van der Waals surface area contributed by atoms with Crippen LogP contribution in [0.1, 0.15) is 0 Å². The van der Waals surface area contributed by atoms with Crippen molar-refractivity contribution in [3.8, 4) is 22.6 Å². The molecule has 3 heteroatoms. The van der Waals surface area contributed by atoms with Crippen LogP contribution in [0.3, 0.4) is 0 Å². The Bertz CT molecular complexity index is 2690. The van der Waals surface area contributed by atoms with Gasteiger partial charge in [0.2, 0.25) is 0 Å². The molecule has 3 nitrogen and oxygen atoms in total. The minimum absolute atomic E-state index is 0.846. The molecule has 10 rings (SSSR count). The molecule has 1 aliphatic rings. The van der Waals surface area contributed by atoms with Crippen LogP contribution in [0.25, 0.3) is 43.4 Å². The summed E-state index contributed by atoms with van der Waals surface area (Å²) in [4.78, 5) is 4.65. The first-order chi connectivity index (χ1) is 25.3. The Hall–Kier alpha value is -6.84. The second-order valence-corrected chi connectivity index (χ2v) is 13.0. The van der Waals surface area contributed by atoms with Crippen molar-refractivity contribution >= 4 is 66.4 Å². The lowest BCUT2D eigenvalue weighted by atomic mass is 9.92. The molecule has 0 aromatic heterocycles. The highest BCUT2D eigenvalue weighted by molar-refractivity contribution is 6.13. The predicted molar refractivity (Wildman–Crippen MR) is 214 cm³/mol. The number of para-hydroxylation sites is 3. The van der Waals surface area contributed by atoms with Gasteiger partial charge >= 0.3 is 0 Å². The van der Waals surface area contributed by atoms with E-state index in [0.717, 1.165) is 62.0 Å². The number of hydrogen-bond donors (Lipinski definition) is 0. The highest BCUT2D eigenvalue weighted by Crippen LogP contribution is 2.52. The molecular formula is C48H32N2O. The van der Waals surface area contributed by atoms with Crippen molar-refractivity contribution in [2.75, 3.05) is 9.80 Å². The third kappa shape index (κ3) is 4.90. The first-order valence-electron chi connectivity index (χ1n) is 17.4. The fraction of sp³-hybridized carbons (Fsp3) is 0. The van der Waals surface area contributed by atoms with E-state index in [-0.39, 0.29) is 0 Å². The van der Waals surface area contributed by atoms with Gasteiger partial charge in [0.15, 0.2) is 0 Å². The van der Waals surface area contributed by atoms with Gasteiger partial charge in [0.05, 0.1) is 5.69 Å². The Morgan fingerprint density at radius 3 is 1.59 bits per heavy atom. The summed E-state index contributed by atoms with van der Waals surface area (Å²) < 4.78 is 6.82. The number of hydrogen-bond acceptors (Lipinski definition) is 3. The standard InChI is InChI=1S/C48H32N2O/c1-4-14-35(15-5-1)49(36-16-6-2-7-17-36)39-27-28-41-42-29-30-45(43-21-12-22-46(48(42)43)51-47(41)32-39)50(37-18-8-3-9-19-37)38-26-25-34-24-23-33-13-10-11-20-40(33)44(34)31-38/h1-32H. The van der Waals surface area contributed by atoms with Crippen LogP contribution in [0.5, 0.6) is 11.5 Å². The van der Waals surface area contributed by atoms with Gasteiger partial charge in [-0.2, -0.15) is 0 Å². The Kier molecular flexibility index (Phi) is 6.81. The SMILES string of the molecule is c1ccc(N(c2ccccc2)c2ccc3c(c2)Oc2cccc4c(N(c5ccccc5)c5ccc6ccc7ccccc7c6c5)ccc-3c24)cc1. The van der Waals surface area contributed by atoms with Crippen LogP contribution in [-0.4, -0.2) is 0 Å². The Labute approximate surface area is 296 Å². The molecule has 0 N–H and O–H groups in total. The van der Waals surface area contributed by atoms with Crippen molar-refractivity contribution in [3.05, 3.63) is 194 Å². The summed E-state index contributed by atoms with van der Waals surface area (Å²) in [6.07, 6.45) is 0. The van der Waals surface area contributed by atoms with Crippen LogP contribution >= 0.6 is 0 Å². The van der Waals surface area contributed by atoms with Crippen LogP contribution in [-0.2, 0) is 0 Å². The third-order valence-electron chi connectivity index (χ3n) is 9.99. The average molecular weight is 653 g/mol. The van der Waals surface area contributed by atoms with E-state index >= 15 is 0 Å². The molecule has 0 spiro atoms. The number of fused-ring (bicyclic) bond motifs is 5. The lowest BCUT2D eigenvalue weighted by Crippen LogP contribution is -2.11. The summed E-state index contributed by atoms with van der Waals surface area (Å²) in [5, 5.41) is 7.21. The van der Waals surface area contributed by atoms with Crippen molar-refractivity contribution in [2.24, 2.45) is 0 Å². The summed E-state index contributed by atoms with van der Waals surface area (Å²) in [5.74, 6) is 1.70. The van der Waals surface area contributed by atoms with Gasteiger partial charge in [-0.15, -0.1) is 0 Å². The summed E-state index contributed by atoms with van der Waals surface area (Å²) in [5.41, 5.74) is 8.78. The highest BCUT2D eigenvalue weighted by atomic mass is 16.5. The maximum absolute atomic E-state index is 6.82. The van der Waals surface area contributed by atoms with Gasteiger partial charge in [0.25, 0.3) is 0 Å². The fourth-order valence-electron chi connectivity index (χ4n) is 7.67. The van der Waals surface area contributed by atoms with E-state index in [0.29, 0.717) is 0 Å². The zero-order valence-corrected chi connectivity index (χ0v) is 27.8. The molecule has 0 fully saturated rings. The van der Waals surface area contributed by atoms with E-state index in [4.69, 9.17) is 4.74 Å². The second kappa shape index (κ2) is 11.9. The lowest BCUT2D eigenvalue weighted by Gasteiger charge is -2.30. The molecule has 0 saturated heterocycles. The van der Waals surface area contributed by atoms with Crippen LogP contribution in [0.4, 0.5) is 34.1 Å². The molecule has 240 valence electrons. The number of anilines is 6. The van der Waals surface area contributed by atoms with Gasteiger partial charge in [-0.25, -0.2) is 0 Å².